The molecule has 5 heterocycles. The van der Waals surface area contributed by atoms with Crippen molar-refractivity contribution < 1.29 is 83.7 Å². The molecule has 7 N–H and O–H groups in total. The largest absolute Gasteiger partial charge is 0.444 e. The van der Waals surface area contributed by atoms with Crippen LogP contribution in [0.25, 0.3) is 0 Å². The molecule has 1 aromatic rings. The Hall–Kier alpha value is -6.88. The van der Waals surface area contributed by atoms with Gasteiger partial charge in [0, 0.05) is 43.3 Å². The fourth-order valence-electron chi connectivity index (χ4n) is 12.5. The first-order valence-corrected chi connectivity index (χ1v) is 35.1. The van der Waals surface area contributed by atoms with Crippen molar-refractivity contribution in [2.75, 3.05) is 13.1 Å². The number of alkyl carbamates (subject to hydrolysis) is 2. The lowest BCUT2D eigenvalue weighted by Crippen LogP contribution is -2.58. The van der Waals surface area contributed by atoms with Crippen LogP contribution in [0.3, 0.4) is 0 Å². The summed E-state index contributed by atoms with van der Waals surface area (Å²) >= 11 is 0. The lowest BCUT2D eigenvalue weighted by atomic mass is 10.0. The molecule has 92 heavy (non-hydrogen) atoms. The number of aliphatic hydroxyl groups excluding tert-OH is 1. The van der Waals surface area contributed by atoms with E-state index >= 15 is 0 Å². The fraction of sp³-hybridized carbons (Fsp3) is 0.698. The normalized spacial score (nSPS) is 31.0. The molecule has 0 unspecified atom stereocenters. The number of fused-ring (bicyclic) bond motifs is 5. The van der Waals surface area contributed by atoms with Crippen LogP contribution in [0, 0.1) is 17.7 Å². The lowest BCUT2D eigenvalue weighted by Gasteiger charge is -2.30. The maximum atomic E-state index is 14.4. The van der Waals surface area contributed by atoms with Crippen LogP contribution < -0.4 is 30.7 Å². The van der Waals surface area contributed by atoms with Crippen molar-refractivity contribution in [2.45, 2.75) is 252 Å². The van der Waals surface area contributed by atoms with Crippen LogP contribution in [-0.2, 0) is 76.1 Å². The van der Waals surface area contributed by atoms with Crippen LogP contribution in [0.15, 0.2) is 42.5 Å². The summed E-state index contributed by atoms with van der Waals surface area (Å²) in [5.41, 5.74) is -3.62. The summed E-state index contributed by atoms with van der Waals surface area (Å²) in [7, 11) is -7.95. The van der Waals surface area contributed by atoms with Crippen LogP contribution in [0.4, 0.5) is 18.8 Å². The number of rotatable bonds is 9. The summed E-state index contributed by atoms with van der Waals surface area (Å²) in [4.78, 5) is 125. The number of sulfonamides is 2. The van der Waals surface area contributed by atoms with Crippen molar-refractivity contribution in [2.24, 2.45) is 11.8 Å². The quantitative estimate of drug-likeness (QED) is 0.129. The third-order valence-electron chi connectivity index (χ3n) is 18.8. The van der Waals surface area contributed by atoms with E-state index in [4.69, 9.17) is 14.2 Å². The van der Waals surface area contributed by atoms with Crippen molar-refractivity contribution in [3.05, 3.63) is 59.4 Å². The smallest absolute Gasteiger partial charge is 0.410 e. The SMILES string of the molecule is CC(C)(C)OC(=O)N[C@H]1CCCCC/C=C\[C@@H]2C[C@@]2(C(=O)NS(=O)(=O)C2(C)CC2)NC(=O)[C@@H]2C[C@@H](O)CN2C1=O.CC(C)(C)OC(=O)N[C@H]1CCCCC/C=C\[C@@H]2C[C@@]2(C(=O)NS(=O)(=O)C2(C)CC2)NC(=O)[C@@H]2C[C@@H](OC(=O)N3Cc4cccc(F)c4C3)CN2C1=O. The van der Waals surface area contributed by atoms with Gasteiger partial charge in [0.05, 0.1) is 28.7 Å². The molecule has 0 spiro atoms. The molecular weight excluding hydrogens is 1240 g/mol. The average molecular weight is 1330 g/mol. The third-order valence-corrected chi connectivity index (χ3v) is 23.1. The molecular formula is C63H90FN9O17S2. The van der Waals surface area contributed by atoms with Crippen LogP contribution in [0.2, 0.25) is 0 Å². The molecule has 0 radical (unpaired) electrons. The summed E-state index contributed by atoms with van der Waals surface area (Å²) in [5, 5.41) is 21.3. The summed E-state index contributed by atoms with van der Waals surface area (Å²) in [6.07, 6.45) is 11.4. The van der Waals surface area contributed by atoms with E-state index < -0.39 is 160 Å². The number of nitrogens with zero attached hydrogens (tertiary/aromatic N) is 3. The monoisotopic (exact) mass is 1330 g/mol. The highest BCUT2D eigenvalue weighted by atomic mass is 32.2. The fourth-order valence-corrected chi connectivity index (χ4v) is 15.1. The van der Waals surface area contributed by atoms with Crippen molar-refractivity contribution in [3.63, 3.8) is 0 Å². The van der Waals surface area contributed by atoms with Gasteiger partial charge in [0.1, 0.15) is 58.4 Å². The number of amides is 9. The van der Waals surface area contributed by atoms with E-state index in [-0.39, 0.29) is 58.3 Å². The number of carbonyl (C=O) groups excluding carboxylic acids is 9. The van der Waals surface area contributed by atoms with Gasteiger partial charge in [-0.1, -0.05) is 62.1 Å². The molecule has 6 fully saturated rings. The van der Waals surface area contributed by atoms with Gasteiger partial charge in [-0.2, -0.15) is 0 Å². The molecule has 508 valence electrons. The van der Waals surface area contributed by atoms with Crippen molar-refractivity contribution in [1.29, 1.82) is 0 Å². The Balaban J connectivity index is 0.000000225. The Labute approximate surface area is 537 Å². The average Bonchev–Trinajstić information content (AvgIpc) is 1.57. The van der Waals surface area contributed by atoms with Gasteiger partial charge in [-0.25, -0.2) is 35.6 Å². The third kappa shape index (κ3) is 16.0. The van der Waals surface area contributed by atoms with E-state index in [2.05, 4.69) is 30.7 Å². The Morgan fingerprint density at radius 2 is 1.10 bits per heavy atom. The molecule has 0 bridgehead atoms. The van der Waals surface area contributed by atoms with Crippen molar-refractivity contribution in [1.82, 2.24) is 45.4 Å². The number of carbonyl (C=O) groups is 9. The van der Waals surface area contributed by atoms with E-state index in [0.717, 1.165) is 25.7 Å². The number of benzene rings is 1. The number of allylic oxidation sites excluding steroid dienone is 2. The molecule has 4 aliphatic carbocycles. The summed E-state index contributed by atoms with van der Waals surface area (Å²) in [5.74, 6) is -5.47. The van der Waals surface area contributed by atoms with Gasteiger partial charge in [0.15, 0.2) is 0 Å². The number of nitrogens with one attached hydrogen (secondary N) is 6. The van der Waals surface area contributed by atoms with E-state index in [0.29, 0.717) is 68.9 Å². The Kier molecular flexibility index (Phi) is 20.0. The van der Waals surface area contributed by atoms with E-state index in [1.807, 2.05) is 24.3 Å². The lowest BCUT2D eigenvalue weighted by molar-refractivity contribution is -0.141. The number of aliphatic hydroxyl groups is 1. The van der Waals surface area contributed by atoms with E-state index in [9.17, 15) is 69.5 Å². The predicted octanol–water partition coefficient (Wildman–Crippen LogP) is 4.77. The minimum Gasteiger partial charge on any atom is -0.444 e. The Morgan fingerprint density at radius 1 is 0.641 bits per heavy atom. The van der Waals surface area contributed by atoms with Crippen molar-refractivity contribution in [3.8, 4) is 0 Å². The second kappa shape index (κ2) is 26.5. The zero-order valence-corrected chi connectivity index (χ0v) is 55.4. The van der Waals surface area contributed by atoms with Gasteiger partial charge in [0.25, 0.3) is 11.8 Å². The minimum atomic E-state index is -4.02. The first kappa shape index (κ1) is 69.5. The zero-order valence-electron chi connectivity index (χ0n) is 53.7. The van der Waals surface area contributed by atoms with Gasteiger partial charge in [-0.15, -0.1) is 0 Å². The highest BCUT2D eigenvalue weighted by molar-refractivity contribution is 7.92. The van der Waals surface area contributed by atoms with Gasteiger partial charge in [-0.3, -0.25) is 43.1 Å². The molecule has 4 saturated carbocycles. The molecule has 9 amide bonds. The molecule has 29 heteroatoms. The summed E-state index contributed by atoms with van der Waals surface area (Å²) < 4.78 is 85.1. The van der Waals surface area contributed by atoms with Gasteiger partial charge < -0.3 is 50.4 Å². The topological polar surface area (TPSA) is 352 Å². The molecule has 0 aromatic heterocycles. The van der Waals surface area contributed by atoms with Crippen LogP contribution in [0.5, 0.6) is 0 Å². The second-order valence-corrected chi connectivity index (χ2v) is 33.1. The molecule has 10 rings (SSSR count). The molecule has 10 atom stereocenters. The standard InChI is InChI=1S/C36H48FN5O9S.C27H42N4O8S/c1-34(2,3)51-32(46)38-27-14-9-7-5-6-8-12-23-18-36(23,31(45)40-52(48,49)35(4)15-16-35)39-29(43)28-17-24(20-42(28)30(27)44)50-33(47)41-19-22-11-10-13-26(37)25(22)21-41;1-25(2,3)39-24(36)28-19-11-9-7-5-6-8-10-17-15-27(17,23(35)30-40(37,38)26(4)12-13-26)29-21(33)20-14-18(32)16-31(20)22(19)34/h8,10-13,23-24,27-28H,5-7,9,14-21H2,1-4H3,(H,38,46)(H,39,43)(H,40,45);8,10,17-20,32H,5-7,9,11-16H2,1-4H3,(H,28,36)(H,29,33)(H,30,35)/b12-8-;10-8-/t23-,24-,27+,28+,36-;17-,18-,19+,20+,27-/m11/s1. The number of halogens is 1. The number of hydrogen-bond donors (Lipinski definition) is 7. The highest BCUT2D eigenvalue weighted by Crippen LogP contribution is 2.49. The number of hydrogen-bond acceptors (Lipinski definition) is 17. The first-order valence-electron chi connectivity index (χ1n) is 32.1. The Bertz CT molecular complexity index is 3380. The van der Waals surface area contributed by atoms with Gasteiger partial charge in [0.2, 0.25) is 43.7 Å². The molecule has 5 aliphatic heterocycles. The molecule has 9 aliphatic rings. The zero-order chi connectivity index (χ0) is 67.1. The molecule has 26 nitrogen and oxygen atoms in total. The van der Waals surface area contributed by atoms with Crippen LogP contribution in [0.1, 0.15) is 182 Å². The highest BCUT2D eigenvalue weighted by Gasteiger charge is 2.65. The maximum Gasteiger partial charge on any atom is 0.410 e. The predicted molar refractivity (Wildman–Crippen MR) is 330 cm³/mol. The first-order chi connectivity index (χ1) is 43.0. The Morgan fingerprint density at radius 3 is 1.54 bits per heavy atom. The number of ether oxygens (including phenoxy) is 3. The van der Waals surface area contributed by atoms with E-state index in [1.165, 1.54) is 20.8 Å². The minimum absolute atomic E-state index is 0.00348. The van der Waals surface area contributed by atoms with E-state index in [1.54, 1.807) is 67.5 Å². The van der Waals surface area contributed by atoms with Crippen LogP contribution in [-0.4, -0.2) is 172 Å². The van der Waals surface area contributed by atoms with Gasteiger partial charge >= 0.3 is 18.3 Å². The molecule has 2 saturated heterocycles. The van der Waals surface area contributed by atoms with Crippen molar-refractivity contribution >= 4 is 73.8 Å². The summed E-state index contributed by atoms with van der Waals surface area (Å²) in [6, 6.07) is 0.227. The maximum absolute atomic E-state index is 14.4. The van der Waals surface area contributed by atoms with Gasteiger partial charge in [-0.05, 0) is 144 Å². The molecule has 1 aromatic carbocycles. The second-order valence-electron chi connectivity index (χ2n) is 28.7. The summed E-state index contributed by atoms with van der Waals surface area (Å²) in [6.45, 7) is 13.2. The van der Waals surface area contributed by atoms with Crippen LogP contribution >= 0.6 is 0 Å².